The largest absolute Gasteiger partial charge is 0.341 e. The van der Waals surface area contributed by atoms with Crippen molar-refractivity contribution < 1.29 is 14.4 Å². The lowest BCUT2D eigenvalue weighted by Gasteiger charge is -2.29. The molecule has 2 aliphatic heterocycles. The highest BCUT2D eigenvalue weighted by Crippen LogP contribution is 2.34. The molecule has 26 heavy (non-hydrogen) atoms. The number of piperidine rings is 1. The van der Waals surface area contributed by atoms with Gasteiger partial charge in [-0.15, -0.1) is 0 Å². The van der Waals surface area contributed by atoms with Gasteiger partial charge >= 0.3 is 6.03 Å². The number of carbonyl (C=O) groups is 3. The third-order valence-corrected chi connectivity index (χ3v) is 5.35. The molecule has 0 spiro atoms. The zero-order chi connectivity index (χ0) is 18.6. The molecule has 2 saturated heterocycles. The maximum atomic E-state index is 13.2. The van der Waals surface area contributed by atoms with Crippen LogP contribution in [0.2, 0.25) is 0 Å². The summed E-state index contributed by atoms with van der Waals surface area (Å²) in [5, 5.41) is 2.89. The SMILES string of the molecule is CCCCC1(c2ccccc2)NC(=O)N(CC(=O)N2CCCCC2)C1=O. The minimum absolute atomic E-state index is 0.146. The molecule has 0 bridgehead atoms. The van der Waals surface area contributed by atoms with Crippen LogP contribution in [-0.2, 0) is 15.1 Å². The molecule has 3 rings (SSSR count). The summed E-state index contributed by atoms with van der Waals surface area (Å²) < 4.78 is 0. The van der Waals surface area contributed by atoms with Crippen molar-refractivity contribution in [3.05, 3.63) is 35.9 Å². The Balaban J connectivity index is 1.81. The molecular formula is C20H27N3O3. The van der Waals surface area contributed by atoms with Gasteiger partial charge in [0, 0.05) is 13.1 Å². The van der Waals surface area contributed by atoms with Crippen molar-refractivity contribution in [2.45, 2.75) is 51.0 Å². The fraction of sp³-hybridized carbons (Fsp3) is 0.550. The van der Waals surface area contributed by atoms with Gasteiger partial charge in [0.1, 0.15) is 12.1 Å². The summed E-state index contributed by atoms with van der Waals surface area (Å²) in [6.45, 7) is 3.30. The Kier molecular flexibility index (Phi) is 5.59. The number of nitrogens with zero attached hydrogens (tertiary/aromatic N) is 2. The Labute approximate surface area is 154 Å². The number of hydrogen-bond acceptors (Lipinski definition) is 3. The van der Waals surface area contributed by atoms with E-state index in [0.29, 0.717) is 19.5 Å². The molecule has 4 amide bonds. The van der Waals surface area contributed by atoms with Crippen LogP contribution in [0.15, 0.2) is 30.3 Å². The summed E-state index contributed by atoms with van der Waals surface area (Å²) in [6, 6.07) is 8.87. The van der Waals surface area contributed by atoms with Crippen LogP contribution in [0.4, 0.5) is 4.79 Å². The van der Waals surface area contributed by atoms with Crippen molar-refractivity contribution in [2.75, 3.05) is 19.6 Å². The average Bonchev–Trinajstić information content (AvgIpc) is 2.93. The number of urea groups is 1. The molecule has 0 aliphatic carbocycles. The first kappa shape index (κ1) is 18.4. The van der Waals surface area contributed by atoms with Crippen LogP contribution >= 0.6 is 0 Å². The zero-order valence-electron chi connectivity index (χ0n) is 15.4. The topological polar surface area (TPSA) is 69.7 Å². The number of benzene rings is 1. The molecule has 140 valence electrons. The van der Waals surface area contributed by atoms with E-state index in [1.807, 2.05) is 30.3 Å². The van der Waals surface area contributed by atoms with Crippen molar-refractivity contribution in [3.8, 4) is 0 Å². The maximum Gasteiger partial charge on any atom is 0.325 e. The predicted octanol–water partition coefficient (Wildman–Crippen LogP) is 2.64. The average molecular weight is 357 g/mol. The third-order valence-electron chi connectivity index (χ3n) is 5.35. The number of amides is 4. The smallest absolute Gasteiger partial charge is 0.325 e. The molecule has 1 atom stereocenters. The van der Waals surface area contributed by atoms with Crippen LogP contribution in [0.25, 0.3) is 0 Å². The van der Waals surface area contributed by atoms with Gasteiger partial charge in [0.2, 0.25) is 5.91 Å². The van der Waals surface area contributed by atoms with E-state index in [9.17, 15) is 14.4 Å². The Morgan fingerprint density at radius 2 is 1.81 bits per heavy atom. The van der Waals surface area contributed by atoms with Crippen LogP contribution in [0.3, 0.4) is 0 Å². The van der Waals surface area contributed by atoms with Gasteiger partial charge in [-0.2, -0.15) is 0 Å². The van der Waals surface area contributed by atoms with Gasteiger partial charge in [0.05, 0.1) is 0 Å². The summed E-state index contributed by atoms with van der Waals surface area (Å²) >= 11 is 0. The van der Waals surface area contributed by atoms with E-state index in [1.54, 1.807) is 4.90 Å². The van der Waals surface area contributed by atoms with Gasteiger partial charge < -0.3 is 10.2 Å². The van der Waals surface area contributed by atoms with E-state index < -0.39 is 11.6 Å². The number of unbranched alkanes of at least 4 members (excludes halogenated alkanes) is 1. The highest BCUT2D eigenvalue weighted by atomic mass is 16.2. The van der Waals surface area contributed by atoms with Gasteiger partial charge in [0.25, 0.3) is 5.91 Å². The lowest BCUT2D eigenvalue weighted by molar-refractivity contribution is -0.139. The minimum atomic E-state index is -1.06. The lowest BCUT2D eigenvalue weighted by atomic mass is 9.85. The van der Waals surface area contributed by atoms with Crippen molar-refractivity contribution in [3.63, 3.8) is 0 Å². The third kappa shape index (κ3) is 3.45. The standard InChI is InChI=1S/C20H27N3O3/c1-2-3-12-20(16-10-6-4-7-11-16)18(25)23(19(26)21-20)15-17(24)22-13-8-5-9-14-22/h4,6-7,10-11H,2-3,5,8-9,12-15H2,1H3,(H,21,26). The van der Waals surface area contributed by atoms with Gasteiger partial charge in [-0.3, -0.25) is 14.5 Å². The van der Waals surface area contributed by atoms with Crippen LogP contribution in [0.1, 0.15) is 51.0 Å². The lowest BCUT2D eigenvalue weighted by Crippen LogP contribution is -2.46. The number of imide groups is 1. The Morgan fingerprint density at radius 3 is 2.46 bits per heavy atom. The molecule has 1 N–H and O–H groups in total. The second kappa shape index (κ2) is 7.89. The van der Waals surface area contributed by atoms with Crippen LogP contribution < -0.4 is 5.32 Å². The molecule has 6 heteroatoms. The van der Waals surface area contributed by atoms with E-state index >= 15 is 0 Å². The molecule has 1 unspecified atom stereocenters. The first-order valence-corrected chi connectivity index (χ1v) is 9.56. The van der Waals surface area contributed by atoms with E-state index in [2.05, 4.69) is 12.2 Å². The van der Waals surface area contributed by atoms with Crippen LogP contribution in [0, 0.1) is 0 Å². The van der Waals surface area contributed by atoms with E-state index in [4.69, 9.17) is 0 Å². The van der Waals surface area contributed by atoms with Gasteiger partial charge in [-0.25, -0.2) is 4.79 Å². The van der Waals surface area contributed by atoms with Gasteiger partial charge in [0.15, 0.2) is 0 Å². The molecule has 0 aromatic heterocycles. The quantitative estimate of drug-likeness (QED) is 0.796. The normalized spacial score (nSPS) is 23.3. The molecule has 2 heterocycles. The number of nitrogens with one attached hydrogen (secondary N) is 1. The van der Waals surface area contributed by atoms with Gasteiger partial charge in [-0.1, -0.05) is 50.1 Å². The maximum absolute atomic E-state index is 13.2. The number of likely N-dealkylation sites (tertiary alicyclic amines) is 1. The first-order chi connectivity index (χ1) is 12.6. The van der Waals surface area contributed by atoms with Gasteiger partial charge in [-0.05, 0) is 31.2 Å². The summed E-state index contributed by atoms with van der Waals surface area (Å²) in [5.41, 5.74) is -0.281. The molecule has 0 radical (unpaired) electrons. The minimum Gasteiger partial charge on any atom is -0.341 e. The summed E-state index contributed by atoms with van der Waals surface area (Å²) in [5.74, 6) is -0.458. The van der Waals surface area contributed by atoms with E-state index in [-0.39, 0.29) is 18.4 Å². The predicted molar refractivity (Wildman–Crippen MR) is 98.3 cm³/mol. The highest BCUT2D eigenvalue weighted by molar-refractivity contribution is 6.09. The second-order valence-corrected chi connectivity index (χ2v) is 7.14. The molecule has 2 aliphatic rings. The fourth-order valence-corrected chi connectivity index (χ4v) is 3.82. The molecule has 1 aromatic carbocycles. The van der Waals surface area contributed by atoms with E-state index in [1.165, 1.54) is 0 Å². The summed E-state index contributed by atoms with van der Waals surface area (Å²) in [6.07, 6.45) is 5.36. The Bertz CT molecular complexity index is 670. The Hall–Kier alpha value is -2.37. The monoisotopic (exact) mass is 357 g/mol. The second-order valence-electron chi connectivity index (χ2n) is 7.14. The van der Waals surface area contributed by atoms with Crippen molar-refractivity contribution in [1.82, 2.24) is 15.1 Å². The number of hydrogen-bond donors (Lipinski definition) is 1. The molecule has 0 saturated carbocycles. The summed E-state index contributed by atoms with van der Waals surface area (Å²) in [7, 11) is 0. The molecule has 6 nitrogen and oxygen atoms in total. The first-order valence-electron chi connectivity index (χ1n) is 9.56. The molecular weight excluding hydrogens is 330 g/mol. The highest BCUT2D eigenvalue weighted by Gasteiger charge is 2.52. The van der Waals surface area contributed by atoms with Crippen molar-refractivity contribution in [1.29, 1.82) is 0 Å². The van der Waals surface area contributed by atoms with Crippen molar-refractivity contribution in [2.24, 2.45) is 0 Å². The van der Waals surface area contributed by atoms with Crippen LogP contribution in [-0.4, -0.2) is 47.3 Å². The van der Waals surface area contributed by atoms with E-state index in [0.717, 1.165) is 42.6 Å². The Morgan fingerprint density at radius 1 is 1.12 bits per heavy atom. The molecule has 1 aromatic rings. The number of rotatable bonds is 6. The summed E-state index contributed by atoms with van der Waals surface area (Å²) in [4.78, 5) is 41.2. The number of carbonyl (C=O) groups excluding carboxylic acids is 3. The van der Waals surface area contributed by atoms with Crippen molar-refractivity contribution >= 4 is 17.8 Å². The zero-order valence-corrected chi connectivity index (χ0v) is 15.4. The van der Waals surface area contributed by atoms with Crippen LogP contribution in [0.5, 0.6) is 0 Å². The fourth-order valence-electron chi connectivity index (χ4n) is 3.82. The molecule has 2 fully saturated rings.